The molecule has 0 amide bonds. The maximum Gasteiger partial charge on any atom is 0.303 e. The summed E-state index contributed by atoms with van der Waals surface area (Å²) in [5.41, 5.74) is 1.83. The van der Waals surface area contributed by atoms with Crippen molar-refractivity contribution in [1.82, 2.24) is 0 Å². The van der Waals surface area contributed by atoms with Crippen molar-refractivity contribution in [2.24, 2.45) is 0 Å². The van der Waals surface area contributed by atoms with Gasteiger partial charge < -0.3 is 37.9 Å². The van der Waals surface area contributed by atoms with E-state index in [4.69, 9.17) is 37.9 Å². The van der Waals surface area contributed by atoms with E-state index in [0.29, 0.717) is 66.1 Å². The van der Waals surface area contributed by atoms with Crippen molar-refractivity contribution >= 4 is 11.9 Å². The maximum absolute atomic E-state index is 11.4. The second-order valence-corrected chi connectivity index (χ2v) is 11.0. The molecule has 0 fully saturated rings. The van der Waals surface area contributed by atoms with Gasteiger partial charge in [-0.1, -0.05) is 66.7 Å². The standard InChI is InChI=1S/C38H50O10/c1-31(39)47-37(33-14-5-3-6-15-33)29-43-22-11-9-20-41-24-26-45-35-18-13-19-36(28-35)46-27-25-42-21-10-12-23-44-30-38(48-32(2)40)34-16-7-4-8-17-34/h3-8,13-19,28,37-38H,9-12,20-27,29-30H2,1-2H3. The molecule has 0 bridgehead atoms. The molecular formula is C38H50O10. The summed E-state index contributed by atoms with van der Waals surface area (Å²) >= 11 is 0. The number of benzene rings is 3. The molecular weight excluding hydrogens is 616 g/mol. The zero-order chi connectivity index (χ0) is 34.1. The molecule has 48 heavy (non-hydrogen) atoms. The molecule has 2 atom stereocenters. The van der Waals surface area contributed by atoms with Gasteiger partial charge in [0.15, 0.2) is 12.2 Å². The summed E-state index contributed by atoms with van der Waals surface area (Å²) in [6.07, 6.45) is 2.59. The van der Waals surface area contributed by atoms with Gasteiger partial charge in [0, 0.05) is 46.3 Å². The van der Waals surface area contributed by atoms with Crippen LogP contribution in [0.3, 0.4) is 0 Å². The van der Waals surface area contributed by atoms with E-state index in [1.165, 1.54) is 13.8 Å². The molecule has 0 aliphatic heterocycles. The lowest BCUT2D eigenvalue weighted by Crippen LogP contribution is -2.15. The van der Waals surface area contributed by atoms with Crippen LogP contribution in [0.25, 0.3) is 0 Å². The lowest BCUT2D eigenvalue weighted by atomic mass is 10.1. The van der Waals surface area contributed by atoms with Crippen LogP contribution < -0.4 is 9.47 Å². The molecule has 0 spiro atoms. The number of esters is 2. The average molecular weight is 667 g/mol. The molecule has 262 valence electrons. The Hall–Kier alpha value is -3.96. The SMILES string of the molecule is CC(=O)OC(COCCCCOCCOc1cccc(OCCOCCCCOCC(OC(C)=O)c2ccccc2)c1)c1ccccc1. The van der Waals surface area contributed by atoms with Crippen molar-refractivity contribution in [2.75, 3.05) is 66.1 Å². The van der Waals surface area contributed by atoms with E-state index in [1.807, 2.05) is 84.9 Å². The topological polar surface area (TPSA) is 108 Å². The summed E-state index contributed by atoms with van der Waals surface area (Å²) in [4.78, 5) is 22.9. The Labute approximate surface area is 284 Å². The van der Waals surface area contributed by atoms with Crippen molar-refractivity contribution in [2.45, 2.75) is 51.7 Å². The lowest BCUT2D eigenvalue weighted by molar-refractivity contribution is -0.150. The van der Waals surface area contributed by atoms with Gasteiger partial charge in [-0.05, 0) is 48.9 Å². The summed E-state index contributed by atoms with van der Waals surface area (Å²) in [5, 5.41) is 0. The number of hydrogen-bond acceptors (Lipinski definition) is 10. The Bertz CT molecular complexity index is 1180. The van der Waals surface area contributed by atoms with Crippen molar-refractivity contribution in [1.29, 1.82) is 0 Å². The zero-order valence-corrected chi connectivity index (χ0v) is 28.2. The fourth-order valence-electron chi connectivity index (χ4n) is 4.62. The highest BCUT2D eigenvalue weighted by atomic mass is 16.6. The fourth-order valence-corrected chi connectivity index (χ4v) is 4.62. The van der Waals surface area contributed by atoms with E-state index in [0.717, 1.165) is 48.3 Å². The minimum Gasteiger partial charge on any atom is -0.491 e. The van der Waals surface area contributed by atoms with Crippen LogP contribution in [0, 0.1) is 0 Å². The van der Waals surface area contributed by atoms with E-state index < -0.39 is 12.2 Å². The Morgan fingerprint density at radius 2 is 0.875 bits per heavy atom. The molecule has 10 heteroatoms. The molecule has 0 saturated heterocycles. The monoisotopic (exact) mass is 666 g/mol. The molecule has 0 N–H and O–H groups in total. The van der Waals surface area contributed by atoms with Crippen LogP contribution in [-0.2, 0) is 38.0 Å². The highest BCUT2D eigenvalue weighted by Crippen LogP contribution is 2.20. The van der Waals surface area contributed by atoms with Gasteiger partial charge in [-0.2, -0.15) is 0 Å². The van der Waals surface area contributed by atoms with Crippen LogP contribution in [0.5, 0.6) is 11.5 Å². The van der Waals surface area contributed by atoms with Crippen molar-refractivity contribution < 1.29 is 47.5 Å². The molecule has 0 saturated carbocycles. The van der Waals surface area contributed by atoms with E-state index in [2.05, 4.69) is 0 Å². The van der Waals surface area contributed by atoms with Gasteiger partial charge in [0.25, 0.3) is 0 Å². The fraction of sp³-hybridized carbons (Fsp3) is 0.474. The number of carbonyl (C=O) groups is 2. The minimum atomic E-state index is -0.404. The van der Waals surface area contributed by atoms with Crippen LogP contribution in [0.1, 0.15) is 62.9 Å². The van der Waals surface area contributed by atoms with Gasteiger partial charge in [-0.3, -0.25) is 9.59 Å². The number of rotatable bonds is 26. The number of hydrogen-bond donors (Lipinski definition) is 0. The third-order valence-corrected chi connectivity index (χ3v) is 6.95. The van der Waals surface area contributed by atoms with Gasteiger partial charge >= 0.3 is 11.9 Å². The average Bonchev–Trinajstić information content (AvgIpc) is 3.09. The number of carbonyl (C=O) groups excluding carboxylic acids is 2. The van der Waals surface area contributed by atoms with Gasteiger partial charge in [0.1, 0.15) is 24.7 Å². The highest BCUT2D eigenvalue weighted by Gasteiger charge is 2.15. The smallest absolute Gasteiger partial charge is 0.303 e. The summed E-state index contributed by atoms with van der Waals surface area (Å²) in [6, 6.07) is 26.7. The Balaban J connectivity index is 1.14. The Morgan fingerprint density at radius 1 is 0.479 bits per heavy atom. The summed E-state index contributed by atoms with van der Waals surface area (Å²) in [7, 11) is 0. The summed E-state index contributed by atoms with van der Waals surface area (Å²) < 4.78 is 45.3. The van der Waals surface area contributed by atoms with Gasteiger partial charge in [0.2, 0.25) is 0 Å². The van der Waals surface area contributed by atoms with Crippen LogP contribution in [0.4, 0.5) is 0 Å². The van der Waals surface area contributed by atoms with Crippen molar-refractivity contribution in [3.05, 3.63) is 96.1 Å². The lowest BCUT2D eigenvalue weighted by Gasteiger charge is -2.17. The largest absolute Gasteiger partial charge is 0.491 e. The van der Waals surface area contributed by atoms with E-state index in [1.54, 1.807) is 0 Å². The predicted octanol–water partition coefficient (Wildman–Crippen LogP) is 6.68. The highest BCUT2D eigenvalue weighted by molar-refractivity contribution is 5.66. The predicted molar refractivity (Wildman–Crippen MR) is 181 cm³/mol. The zero-order valence-electron chi connectivity index (χ0n) is 28.2. The minimum absolute atomic E-state index is 0.322. The van der Waals surface area contributed by atoms with Crippen LogP contribution in [0.15, 0.2) is 84.9 Å². The molecule has 3 aromatic rings. The first kappa shape index (κ1) is 38.5. The summed E-state index contributed by atoms with van der Waals surface area (Å²) in [5.74, 6) is 0.780. The number of unbranched alkanes of at least 4 members (excludes halogenated alkanes) is 2. The normalized spacial score (nSPS) is 12.2. The second-order valence-electron chi connectivity index (χ2n) is 11.0. The molecule has 0 aromatic heterocycles. The van der Waals surface area contributed by atoms with Crippen LogP contribution in [0.2, 0.25) is 0 Å². The summed E-state index contributed by atoms with van der Waals surface area (Å²) in [6.45, 7) is 7.63. The van der Waals surface area contributed by atoms with Gasteiger partial charge in [-0.15, -0.1) is 0 Å². The van der Waals surface area contributed by atoms with Gasteiger partial charge in [0.05, 0.1) is 26.4 Å². The van der Waals surface area contributed by atoms with Gasteiger partial charge in [-0.25, -0.2) is 0 Å². The molecule has 10 nitrogen and oxygen atoms in total. The first-order valence-corrected chi connectivity index (χ1v) is 16.6. The van der Waals surface area contributed by atoms with E-state index in [9.17, 15) is 9.59 Å². The molecule has 0 heterocycles. The van der Waals surface area contributed by atoms with Crippen LogP contribution in [-0.4, -0.2) is 78.0 Å². The second kappa shape index (κ2) is 24.2. The molecule has 0 radical (unpaired) electrons. The van der Waals surface area contributed by atoms with Crippen molar-refractivity contribution in [3.63, 3.8) is 0 Å². The van der Waals surface area contributed by atoms with Crippen LogP contribution >= 0.6 is 0 Å². The van der Waals surface area contributed by atoms with Crippen molar-refractivity contribution in [3.8, 4) is 11.5 Å². The quantitative estimate of drug-likeness (QED) is 0.0680. The molecule has 0 aliphatic rings. The molecule has 0 aliphatic carbocycles. The Morgan fingerprint density at radius 3 is 1.27 bits per heavy atom. The first-order valence-electron chi connectivity index (χ1n) is 16.6. The molecule has 3 aromatic carbocycles. The maximum atomic E-state index is 11.4. The molecule has 3 rings (SSSR count). The van der Waals surface area contributed by atoms with E-state index in [-0.39, 0.29) is 11.9 Å². The Kier molecular flexibility index (Phi) is 19.4. The number of ether oxygens (including phenoxy) is 8. The third-order valence-electron chi connectivity index (χ3n) is 6.95. The molecule has 2 unspecified atom stereocenters. The first-order chi connectivity index (χ1) is 23.5. The van der Waals surface area contributed by atoms with E-state index >= 15 is 0 Å². The third kappa shape index (κ3) is 17.3.